The summed E-state index contributed by atoms with van der Waals surface area (Å²) in [6, 6.07) is 0. The van der Waals surface area contributed by atoms with Crippen molar-refractivity contribution in [3.8, 4) is 0 Å². The lowest BCUT2D eigenvalue weighted by Gasteiger charge is -2.18. The van der Waals surface area contributed by atoms with E-state index in [0.29, 0.717) is 0 Å². The van der Waals surface area contributed by atoms with Crippen LogP contribution in [0.4, 0.5) is 0 Å². The first kappa shape index (κ1) is 9.43. The molecule has 0 aliphatic carbocycles. The van der Waals surface area contributed by atoms with Crippen LogP contribution in [0.15, 0.2) is 0 Å². The number of aliphatic hydroxyl groups excluding tert-OH is 1. The summed E-state index contributed by atoms with van der Waals surface area (Å²) in [7, 11) is 3.36. The van der Waals surface area contributed by atoms with Gasteiger partial charge in [-0.25, -0.2) is 0 Å². The van der Waals surface area contributed by atoms with Gasteiger partial charge < -0.3 is 10.0 Å². The maximum absolute atomic E-state index is 11.1. The predicted octanol–water partition coefficient (Wildman–Crippen LogP) is 0.0915. The normalized spacial score (nSPS) is 16.1. The molecule has 1 amide bonds. The predicted molar refractivity (Wildman–Crippen MR) is 39.5 cm³/mol. The van der Waals surface area contributed by atoms with E-state index in [2.05, 4.69) is 0 Å². The molecule has 3 heteroatoms. The molecule has 0 spiro atoms. The summed E-state index contributed by atoms with van der Waals surface area (Å²) in [5, 5.41) is 8.99. The third-order valence-electron chi connectivity index (χ3n) is 1.55. The zero-order valence-electron chi connectivity index (χ0n) is 6.96. The van der Waals surface area contributed by atoms with Crippen LogP contribution in [-0.4, -0.2) is 36.1 Å². The molecule has 0 rings (SSSR count). The van der Waals surface area contributed by atoms with Crippen molar-refractivity contribution < 1.29 is 9.90 Å². The number of aliphatic hydroxyl groups is 1. The molecule has 2 atom stereocenters. The topological polar surface area (TPSA) is 40.5 Å². The summed E-state index contributed by atoms with van der Waals surface area (Å²) in [5.41, 5.74) is 0. The van der Waals surface area contributed by atoms with E-state index in [1.165, 1.54) is 4.90 Å². The quantitative estimate of drug-likeness (QED) is 0.598. The molecule has 1 N–H and O–H groups in total. The molecule has 0 radical (unpaired) electrons. The van der Waals surface area contributed by atoms with Crippen molar-refractivity contribution in [1.82, 2.24) is 4.90 Å². The number of rotatable bonds is 2. The van der Waals surface area contributed by atoms with Gasteiger partial charge in [0.05, 0.1) is 12.0 Å². The minimum absolute atomic E-state index is 0.0324. The first-order valence-corrected chi connectivity index (χ1v) is 3.36. The zero-order chi connectivity index (χ0) is 8.31. The average molecular weight is 145 g/mol. The van der Waals surface area contributed by atoms with Gasteiger partial charge in [0.1, 0.15) is 0 Å². The number of hydrogen-bond acceptors (Lipinski definition) is 2. The van der Waals surface area contributed by atoms with Crippen LogP contribution < -0.4 is 0 Å². The van der Waals surface area contributed by atoms with E-state index in [1.807, 2.05) is 0 Å². The van der Waals surface area contributed by atoms with E-state index in [9.17, 15) is 4.79 Å². The first-order valence-electron chi connectivity index (χ1n) is 3.36. The van der Waals surface area contributed by atoms with E-state index >= 15 is 0 Å². The van der Waals surface area contributed by atoms with Crippen molar-refractivity contribution in [1.29, 1.82) is 0 Å². The SMILES string of the molecule is C[C@H](O)[C@@H](C)C(=O)N(C)C. The van der Waals surface area contributed by atoms with Gasteiger partial charge in [-0.2, -0.15) is 0 Å². The summed E-state index contributed by atoms with van der Waals surface area (Å²) < 4.78 is 0. The molecule has 0 fully saturated rings. The molecule has 0 aliphatic rings. The van der Waals surface area contributed by atoms with Crippen LogP contribution in [0.1, 0.15) is 13.8 Å². The molecule has 0 aromatic rings. The molecular formula is C7H15NO2. The Morgan fingerprint density at radius 3 is 1.90 bits per heavy atom. The van der Waals surface area contributed by atoms with Crippen molar-refractivity contribution in [2.24, 2.45) is 5.92 Å². The zero-order valence-corrected chi connectivity index (χ0v) is 6.96. The van der Waals surface area contributed by atoms with Gasteiger partial charge in [0.25, 0.3) is 0 Å². The summed E-state index contributed by atoms with van der Waals surface area (Å²) in [6.45, 7) is 3.33. The molecule has 0 heterocycles. The Morgan fingerprint density at radius 1 is 1.40 bits per heavy atom. The summed E-state index contributed by atoms with van der Waals surface area (Å²) >= 11 is 0. The summed E-state index contributed by atoms with van der Waals surface area (Å²) in [4.78, 5) is 12.5. The molecule has 0 aromatic carbocycles. The summed E-state index contributed by atoms with van der Waals surface area (Å²) in [5.74, 6) is -0.329. The minimum atomic E-state index is -0.560. The van der Waals surface area contributed by atoms with E-state index in [4.69, 9.17) is 5.11 Å². The Balaban J connectivity index is 3.95. The maximum Gasteiger partial charge on any atom is 0.227 e. The fourth-order valence-corrected chi connectivity index (χ4v) is 0.614. The van der Waals surface area contributed by atoms with Gasteiger partial charge in [-0.3, -0.25) is 4.79 Å². The molecule has 0 aromatic heterocycles. The van der Waals surface area contributed by atoms with E-state index in [-0.39, 0.29) is 11.8 Å². The van der Waals surface area contributed by atoms with E-state index in [0.717, 1.165) is 0 Å². The Morgan fingerprint density at radius 2 is 1.80 bits per heavy atom. The first-order chi connectivity index (χ1) is 4.46. The average Bonchev–Trinajstić information content (AvgIpc) is 1.84. The molecular weight excluding hydrogens is 130 g/mol. The van der Waals surface area contributed by atoms with E-state index in [1.54, 1.807) is 27.9 Å². The van der Waals surface area contributed by atoms with Crippen LogP contribution >= 0.6 is 0 Å². The van der Waals surface area contributed by atoms with Crippen LogP contribution in [0.2, 0.25) is 0 Å². The minimum Gasteiger partial charge on any atom is -0.393 e. The lowest BCUT2D eigenvalue weighted by molar-refractivity contribution is -0.135. The second-order valence-corrected chi connectivity index (χ2v) is 2.76. The standard InChI is InChI=1S/C7H15NO2/c1-5(6(2)9)7(10)8(3)4/h5-6,9H,1-4H3/t5-,6+/m1/s1. The monoisotopic (exact) mass is 145 g/mol. The van der Waals surface area contributed by atoms with Gasteiger partial charge in [0, 0.05) is 14.1 Å². The van der Waals surface area contributed by atoms with Crippen LogP contribution in [0, 0.1) is 5.92 Å². The van der Waals surface area contributed by atoms with Crippen molar-refractivity contribution in [2.75, 3.05) is 14.1 Å². The van der Waals surface area contributed by atoms with Gasteiger partial charge in [-0.1, -0.05) is 6.92 Å². The van der Waals surface area contributed by atoms with Gasteiger partial charge in [-0.15, -0.1) is 0 Å². The number of carbonyl (C=O) groups is 1. The third-order valence-corrected chi connectivity index (χ3v) is 1.55. The molecule has 0 saturated heterocycles. The van der Waals surface area contributed by atoms with Crippen molar-refractivity contribution >= 4 is 5.91 Å². The Bertz CT molecular complexity index is 121. The number of amides is 1. The van der Waals surface area contributed by atoms with Gasteiger partial charge in [0.2, 0.25) is 5.91 Å². The second-order valence-electron chi connectivity index (χ2n) is 2.76. The molecule has 10 heavy (non-hydrogen) atoms. The lowest BCUT2D eigenvalue weighted by atomic mass is 10.1. The third kappa shape index (κ3) is 2.35. The number of nitrogens with zero attached hydrogens (tertiary/aromatic N) is 1. The highest BCUT2D eigenvalue weighted by atomic mass is 16.3. The molecule has 3 nitrogen and oxygen atoms in total. The molecule has 0 saturated carbocycles. The van der Waals surface area contributed by atoms with Crippen molar-refractivity contribution in [3.05, 3.63) is 0 Å². The number of carbonyl (C=O) groups excluding carboxylic acids is 1. The lowest BCUT2D eigenvalue weighted by Crippen LogP contribution is -2.33. The molecule has 0 aliphatic heterocycles. The Labute approximate surface area is 61.6 Å². The highest BCUT2D eigenvalue weighted by molar-refractivity contribution is 5.78. The van der Waals surface area contributed by atoms with E-state index < -0.39 is 6.10 Å². The fraction of sp³-hybridized carbons (Fsp3) is 0.857. The highest BCUT2D eigenvalue weighted by Gasteiger charge is 2.18. The number of hydrogen-bond donors (Lipinski definition) is 1. The van der Waals surface area contributed by atoms with Crippen LogP contribution in [-0.2, 0) is 4.79 Å². The van der Waals surface area contributed by atoms with Crippen LogP contribution in [0.5, 0.6) is 0 Å². The Hall–Kier alpha value is -0.570. The van der Waals surface area contributed by atoms with Crippen molar-refractivity contribution in [3.63, 3.8) is 0 Å². The van der Waals surface area contributed by atoms with Gasteiger partial charge >= 0.3 is 0 Å². The maximum atomic E-state index is 11.1. The molecule has 0 unspecified atom stereocenters. The smallest absolute Gasteiger partial charge is 0.227 e. The highest BCUT2D eigenvalue weighted by Crippen LogP contribution is 2.04. The van der Waals surface area contributed by atoms with Gasteiger partial charge in [-0.05, 0) is 6.92 Å². The second kappa shape index (κ2) is 3.56. The van der Waals surface area contributed by atoms with Crippen molar-refractivity contribution in [2.45, 2.75) is 20.0 Å². The van der Waals surface area contributed by atoms with Crippen LogP contribution in [0.25, 0.3) is 0 Å². The Kier molecular flexibility index (Phi) is 3.36. The van der Waals surface area contributed by atoms with Gasteiger partial charge in [0.15, 0.2) is 0 Å². The van der Waals surface area contributed by atoms with Crippen LogP contribution in [0.3, 0.4) is 0 Å². The molecule has 0 bridgehead atoms. The largest absolute Gasteiger partial charge is 0.393 e. The fourth-order valence-electron chi connectivity index (χ4n) is 0.614. The summed E-state index contributed by atoms with van der Waals surface area (Å²) in [6.07, 6.45) is -0.560. The molecule has 60 valence electrons.